The third-order valence-electron chi connectivity index (χ3n) is 1.82. The Labute approximate surface area is 92.9 Å². The fraction of sp³-hybridized carbons (Fsp3) is 0.636. The summed E-state index contributed by atoms with van der Waals surface area (Å²) in [5.41, 5.74) is 0. The molecule has 0 rings (SSSR count). The molecule has 0 aromatic carbocycles. The van der Waals surface area contributed by atoms with Crippen LogP contribution in [0.4, 0.5) is 0 Å². The van der Waals surface area contributed by atoms with E-state index in [1.54, 1.807) is 27.7 Å². The van der Waals surface area contributed by atoms with Crippen molar-refractivity contribution in [3.8, 4) is 23.7 Å². The van der Waals surface area contributed by atoms with E-state index in [1.165, 1.54) is 4.31 Å². The maximum absolute atomic E-state index is 11.8. The SMILES string of the molecule is CC#CCN(CC#CC)S(=O)(=O)C(C)C. The number of sulfonamides is 1. The molecule has 84 valence electrons. The topological polar surface area (TPSA) is 37.4 Å². The molecule has 3 nitrogen and oxygen atoms in total. The Morgan fingerprint density at radius 1 is 1.07 bits per heavy atom. The van der Waals surface area contributed by atoms with Gasteiger partial charge in [-0.15, -0.1) is 11.8 Å². The van der Waals surface area contributed by atoms with Crippen LogP contribution in [0.5, 0.6) is 0 Å². The quantitative estimate of drug-likeness (QED) is 0.674. The van der Waals surface area contributed by atoms with Crippen molar-refractivity contribution in [3.05, 3.63) is 0 Å². The van der Waals surface area contributed by atoms with Gasteiger partial charge < -0.3 is 0 Å². The first-order valence-corrected chi connectivity index (χ1v) is 6.25. The molecule has 0 saturated heterocycles. The summed E-state index contributed by atoms with van der Waals surface area (Å²) < 4.78 is 25.0. The van der Waals surface area contributed by atoms with Gasteiger partial charge in [-0.3, -0.25) is 0 Å². The van der Waals surface area contributed by atoms with Gasteiger partial charge in [0.25, 0.3) is 0 Å². The van der Waals surface area contributed by atoms with E-state index in [1.807, 2.05) is 0 Å². The molecule has 0 unspecified atom stereocenters. The Morgan fingerprint density at radius 2 is 1.47 bits per heavy atom. The highest BCUT2D eigenvalue weighted by molar-refractivity contribution is 7.89. The van der Waals surface area contributed by atoms with Crippen LogP contribution in [0.15, 0.2) is 0 Å². The molecule has 4 heteroatoms. The molecule has 0 radical (unpaired) electrons. The second kappa shape index (κ2) is 6.50. The third-order valence-corrected chi connectivity index (χ3v) is 3.99. The summed E-state index contributed by atoms with van der Waals surface area (Å²) in [6.45, 7) is 7.11. The van der Waals surface area contributed by atoms with E-state index in [2.05, 4.69) is 23.7 Å². The zero-order valence-electron chi connectivity index (χ0n) is 9.66. The van der Waals surface area contributed by atoms with Crippen LogP contribution in [-0.4, -0.2) is 31.1 Å². The van der Waals surface area contributed by atoms with Gasteiger partial charge in [-0.05, 0) is 27.7 Å². The minimum absolute atomic E-state index is 0.214. The molecule has 0 atom stereocenters. The largest absolute Gasteiger partial charge is 0.218 e. The van der Waals surface area contributed by atoms with Crippen LogP contribution >= 0.6 is 0 Å². The molecule has 0 aromatic rings. The van der Waals surface area contributed by atoms with Crippen molar-refractivity contribution in [1.29, 1.82) is 0 Å². The van der Waals surface area contributed by atoms with Crippen LogP contribution in [0.1, 0.15) is 27.7 Å². The third kappa shape index (κ3) is 4.38. The van der Waals surface area contributed by atoms with Gasteiger partial charge in [0.2, 0.25) is 10.0 Å². The number of hydrogen-bond donors (Lipinski definition) is 0. The van der Waals surface area contributed by atoms with Gasteiger partial charge in [0, 0.05) is 0 Å². The number of rotatable bonds is 4. The number of hydrogen-bond acceptors (Lipinski definition) is 2. The van der Waals surface area contributed by atoms with Crippen molar-refractivity contribution in [3.63, 3.8) is 0 Å². The zero-order chi connectivity index (χ0) is 11.9. The van der Waals surface area contributed by atoms with Gasteiger partial charge in [0.15, 0.2) is 0 Å². The first kappa shape index (κ1) is 14.0. The normalized spacial score (nSPS) is 10.5. The predicted molar refractivity (Wildman–Crippen MR) is 62.5 cm³/mol. The summed E-state index contributed by atoms with van der Waals surface area (Å²) in [7, 11) is -3.26. The summed E-state index contributed by atoms with van der Waals surface area (Å²) >= 11 is 0. The summed E-state index contributed by atoms with van der Waals surface area (Å²) in [5, 5.41) is -0.435. The monoisotopic (exact) mass is 227 g/mol. The van der Waals surface area contributed by atoms with E-state index < -0.39 is 15.3 Å². The van der Waals surface area contributed by atoms with E-state index in [0.29, 0.717) is 0 Å². The maximum atomic E-state index is 11.8. The first-order chi connectivity index (χ1) is 6.96. The first-order valence-electron chi connectivity index (χ1n) is 4.75. The van der Waals surface area contributed by atoms with Gasteiger partial charge in [-0.25, -0.2) is 8.42 Å². The maximum Gasteiger partial charge on any atom is 0.218 e. The summed E-state index contributed by atoms with van der Waals surface area (Å²) in [5.74, 6) is 10.9. The standard InChI is InChI=1S/C11H17NO2S/c1-5-7-9-12(10-8-6-2)15(13,14)11(3)4/h11H,9-10H2,1-4H3. The van der Waals surface area contributed by atoms with Crippen molar-refractivity contribution in [2.24, 2.45) is 0 Å². The number of nitrogens with zero attached hydrogens (tertiary/aromatic N) is 1. The van der Waals surface area contributed by atoms with Crippen LogP contribution in [-0.2, 0) is 10.0 Å². The lowest BCUT2D eigenvalue weighted by molar-refractivity contribution is 0.474. The van der Waals surface area contributed by atoms with Crippen molar-refractivity contribution < 1.29 is 8.42 Å². The lowest BCUT2D eigenvalue weighted by Crippen LogP contribution is -2.37. The molecule has 0 heterocycles. The molecule has 0 aromatic heterocycles. The molecule has 0 N–H and O–H groups in total. The molecule has 0 saturated carbocycles. The molecule has 0 spiro atoms. The van der Waals surface area contributed by atoms with Gasteiger partial charge in [-0.1, -0.05) is 11.8 Å². The molecule has 0 bridgehead atoms. The van der Waals surface area contributed by atoms with Crippen LogP contribution in [0.2, 0.25) is 0 Å². The predicted octanol–water partition coefficient (Wildman–Crippen LogP) is 1.07. The van der Waals surface area contributed by atoms with Crippen LogP contribution in [0.25, 0.3) is 0 Å². The van der Waals surface area contributed by atoms with Crippen molar-refractivity contribution in [2.75, 3.05) is 13.1 Å². The van der Waals surface area contributed by atoms with E-state index in [4.69, 9.17) is 0 Å². The Morgan fingerprint density at radius 3 is 1.73 bits per heavy atom. The zero-order valence-corrected chi connectivity index (χ0v) is 10.5. The van der Waals surface area contributed by atoms with Crippen LogP contribution in [0.3, 0.4) is 0 Å². The van der Waals surface area contributed by atoms with Crippen molar-refractivity contribution in [1.82, 2.24) is 4.31 Å². The van der Waals surface area contributed by atoms with Crippen LogP contribution in [0, 0.1) is 23.7 Å². The Hall–Kier alpha value is -0.970. The Balaban J connectivity index is 4.87. The van der Waals surface area contributed by atoms with Gasteiger partial charge >= 0.3 is 0 Å². The highest BCUT2D eigenvalue weighted by Gasteiger charge is 2.23. The van der Waals surface area contributed by atoms with E-state index in [9.17, 15) is 8.42 Å². The summed E-state index contributed by atoms with van der Waals surface area (Å²) in [6, 6.07) is 0. The molecule has 0 amide bonds. The molecular weight excluding hydrogens is 210 g/mol. The van der Waals surface area contributed by atoms with E-state index in [-0.39, 0.29) is 13.1 Å². The second-order valence-electron chi connectivity index (χ2n) is 3.22. The van der Waals surface area contributed by atoms with E-state index >= 15 is 0 Å². The highest BCUT2D eigenvalue weighted by Crippen LogP contribution is 2.07. The lowest BCUT2D eigenvalue weighted by atomic mass is 10.5. The molecule has 0 fully saturated rings. The Bertz CT molecular complexity index is 379. The van der Waals surface area contributed by atoms with Gasteiger partial charge in [0.05, 0.1) is 18.3 Å². The fourth-order valence-electron chi connectivity index (χ4n) is 0.868. The molecule has 0 aliphatic carbocycles. The summed E-state index contributed by atoms with van der Waals surface area (Å²) in [4.78, 5) is 0. The average molecular weight is 227 g/mol. The molecular formula is C11H17NO2S. The van der Waals surface area contributed by atoms with Gasteiger partial charge in [0.1, 0.15) is 0 Å². The minimum Gasteiger partial charge on any atom is -0.212 e. The van der Waals surface area contributed by atoms with Crippen molar-refractivity contribution >= 4 is 10.0 Å². The van der Waals surface area contributed by atoms with E-state index in [0.717, 1.165) is 0 Å². The van der Waals surface area contributed by atoms with Gasteiger partial charge in [-0.2, -0.15) is 4.31 Å². The Kier molecular flexibility index (Phi) is 6.08. The highest BCUT2D eigenvalue weighted by atomic mass is 32.2. The second-order valence-corrected chi connectivity index (χ2v) is 5.70. The molecule has 0 aliphatic heterocycles. The summed E-state index contributed by atoms with van der Waals surface area (Å²) in [6.07, 6.45) is 0. The smallest absolute Gasteiger partial charge is 0.212 e. The molecule has 15 heavy (non-hydrogen) atoms. The minimum atomic E-state index is -3.26. The van der Waals surface area contributed by atoms with Crippen LogP contribution < -0.4 is 0 Å². The van der Waals surface area contributed by atoms with Crippen molar-refractivity contribution in [2.45, 2.75) is 32.9 Å². The lowest BCUT2D eigenvalue weighted by Gasteiger charge is -2.19. The fourth-order valence-corrected chi connectivity index (χ4v) is 1.95. The molecule has 0 aliphatic rings. The average Bonchev–Trinajstić information content (AvgIpc) is 2.17.